The highest BCUT2D eigenvalue weighted by Gasteiger charge is 2.18. The van der Waals surface area contributed by atoms with Crippen molar-refractivity contribution in [2.45, 2.75) is 6.54 Å². The monoisotopic (exact) mass is 362 g/mol. The largest absolute Gasteiger partial charge is 0.346 e. The number of nitrogens with one attached hydrogen (secondary N) is 1. The third-order valence-corrected chi connectivity index (χ3v) is 4.34. The molecule has 0 aliphatic rings. The number of rotatable bonds is 3. The zero-order valence-electron chi connectivity index (χ0n) is 13.9. The molecule has 1 N–H and O–H groups in total. The van der Waals surface area contributed by atoms with Gasteiger partial charge in [-0.2, -0.15) is 5.10 Å². The number of aromatic nitrogens is 6. The molecule has 8 heteroatoms. The van der Waals surface area contributed by atoms with Gasteiger partial charge in [-0.25, -0.2) is 28.4 Å². The lowest BCUT2D eigenvalue weighted by molar-refractivity contribution is 0.588. The van der Waals surface area contributed by atoms with Gasteiger partial charge in [-0.05, 0) is 18.2 Å². The molecule has 4 heterocycles. The Morgan fingerprint density at radius 1 is 1.04 bits per heavy atom. The molecule has 0 radical (unpaired) electrons. The molecule has 0 saturated heterocycles. The van der Waals surface area contributed by atoms with Crippen molar-refractivity contribution in [1.29, 1.82) is 0 Å². The van der Waals surface area contributed by atoms with Crippen molar-refractivity contribution in [3.63, 3.8) is 0 Å². The lowest BCUT2D eigenvalue weighted by atomic mass is 10.2. The maximum atomic E-state index is 14.1. The fourth-order valence-electron chi connectivity index (χ4n) is 3.05. The number of pyridine rings is 1. The SMILES string of the molecule is Fc1cnc2c(c1)c(-c1ncc3cc[nH]c3n1)nn2Cc1ccccc1F. The van der Waals surface area contributed by atoms with E-state index in [0.29, 0.717) is 33.8 Å². The summed E-state index contributed by atoms with van der Waals surface area (Å²) in [6.45, 7) is 0.159. The number of hydrogen-bond acceptors (Lipinski definition) is 4. The first kappa shape index (κ1) is 15.6. The van der Waals surface area contributed by atoms with E-state index in [9.17, 15) is 8.78 Å². The highest BCUT2D eigenvalue weighted by Crippen LogP contribution is 2.26. The fourth-order valence-corrected chi connectivity index (χ4v) is 3.05. The molecule has 27 heavy (non-hydrogen) atoms. The summed E-state index contributed by atoms with van der Waals surface area (Å²) < 4.78 is 29.4. The number of benzene rings is 1. The first-order valence-electron chi connectivity index (χ1n) is 8.25. The van der Waals surface area contributed by atoms with Crippen molar-refractivity contribution in [1.82, 2.24) is 29.7 Å². The van der Waals surface area contributed by atoms with E-state index in [-0.39, 0.29) is 12.4 Å². The van der Waals surface area contributed by atoms with Crippen molar-refractivity contribution < 1.29 is 8.78 Å². The molecule has 0 fully saturated rings. The van der Waals surface area contributed by atoms with E-state index in [1.165, 1.54) is 16.8 Å². The molecule has 0 aliphatic heterocycles. The average Bonchev–Trinajstić information content (AvgIpc) is 3.27. The average molecular weight is 362 g/mol. The predicted molar refractivity (Wildman–Crippen MR) is 95.9 cm³/mol. The molecule has 0 atom stereocenters. The third-order valence-electron chi connectivity index (χ3n) is 4.34. The van der Waals surface area contributed by atoms with Crippen LogP contribution in [0.25, 0.3) is 33.6 Å². The van der Waals surface area contributed by atoms with Gasteiger partial charge in [0.25, 0.3) is 0 Å². The van der Waals surface area contributed by atoms with Crippen molar-refractivity contribution in [3.05, 3.63) is 72.2 Å². The summed E-state index contributed by atoms with van der Waals surface area (Å²) in [6, 6.07) is 9.63. The number of fused-ring (bicyclic) bond motifs is 2. The Morgan fingerprint density at radius 2 is 1.93 bits per heavy atom. The number of halogens is 2. The predicted octanol–water partition coefficient (Wildman–Crippen LogP) is 3.70. The van der Waals surface area contributed by atoms with E-state index >= 15 is 0 Å². The fraction of sp³-hybridized carbons (Fsp3) is 0.0526. The molecule has 0 saturated carbocycles. The Hall–Kier alpha value is -3.68. The van der Waals surface area contributed by atoms with Gasteiger partial charge in [0.1, 0.15) is 23.0 Å². The summed E-state index contributed by atoms with van der Waals surface area (Å²) in [4.78, 5) is 16.0. The van der Waals surface area contributed by atoms with E-state index in [1.807, 2.05) is 6.07 Å². The first-order chi connectivity index (χ1) is 13.2. The molecular weight excluding hydrogens is 350 g/mol. The second-order valence-corrected chi connectivity index (χ2v) is 6.10. The number of H-pyrrole nitrogens is 1. The molecule has 132 valence electrons. The topological polar surface area (TPSA) is 72.3 Å². The molecule has 5 aromatic rings. The lowest BCUT2D eigenvalue weighted by Gasteiger charge is -2.04. The van der Waals surface area contributed by atoms with Crippen LogP contribution in [0.1, 0.15) is 5.56 Å². The van der Waals surface area contributed by atoms with Gasteiger partial charge in [0.05, 0.1) is 18.1 Å². The van der Waals surface area contributed by atoms with Crippen molar-refractivity contribution in [2.75, 3.05) is 0 Å². The maximum absolute atomic E-state index is 14.1. The van der Waals surface area contributed by atoms with Gasteiger partial charge in [0.2, 0.25) is 0 Å². The Kier molecular flexibility index (Phi) is 3.43. The summed E-state index contributed by atoms with van der Waals surface area (Å²) >= 11 is 0. The first-order valence-corrected chi connectivity index (χ1v) is 8.25. The van der Waals surface area contributed by atoms with E-state index in [0.717, 1.165) is 11.6 Å². The standard InChI is InChI=1S/C19H12F2N6/c20-13-7-14-16(18-23-8-11-5-6-22-17(11)25-18)26-27(19(14)24-9-13)10-12-3-1-2-4-15(12)21/h1-9H,10H2,(H,22,23,25). The molecule has 0 aliphatic carbocycles. The van der Waals surface area contributed by atoms with Crippen LogP contribution in [-0.4, -0.2) is 29.7 Å². The van der Waals surface area contributed by atoms with Crippen LogP contribution in [-0.2, 0) is 6.54 Å². The second-order valence-electron chi connectivity index (χ2n) is 6.10. The van der Waals surface area contributed by atoms with Gasteiger partial charge in [0.15, 0.2) is 11.5 Å². The summed E-state index contributed by atoms with van der Waals surface area (Å²) in [6.07, 6.45) is 4.54. The van der Waals surface area contributed by atoms with E-state index < -0.39 is 5.82 Å². The van der Waals surface area contributed by atoms with E-state index in [2.05, 4.69) is 25.0 Å². The van der Waals surface area contributed by atoms with Crippen LogP contribution in [0.5, 0.6) is 0 Å². The van der Waals surface area contributed by atoms with Crippen LogP contribution in [0.2, 0.25) is 0 Å². The van der Waals surface area contributed by atoms with Crippen molar-refractivity contribution in [2.24, 2.45) is 0 Å². The molecule has 0 unspecified atom stereocenters. The summed E-state index contributed by atoms with van der Waals surface area (Å²) in [7, 11) is 0. The molecule has 4 aromatic heterocycles. The van der Waals surface area contributed by atoms with Crippen LogP contribution < -0.4 is 0 Å². The molecule has 6 nitrogen and oxygen atoms in total. The zero-order chi connectivity index (χ0) is 18.4. The Bertz CT molecular complexity index is 1290. The molecule has 0 amide bonds. The highest BCUT2D eigenvalue weighted by atomic mass is 19.1. The van der Waals surface area contributed by atoms with Crippen LogP contribution in [0.3, 0.4) is 0 Å². The van der Waals surface area contributed by atoms with Crippen LogP contribution in [0.4, 0.5) is 8.78 Å². The van der Waals surface area contributed by atoms with Crippen LogP contribution in [0.15, 0.2) is 55.0 Å². The Balaban J connectivity index is 1.70. The molecule has 5 rings (SSSR count). The zero-order valence-corrected chi connectivity index (χ0v) is 13.9. The van der Waals surface area contributed by atoms with Gasteiger partial charge in [-0.1, -0.05) is 18.2 Å². The second kappa shape index (κ2) is 5.94. The van der Waals surface area contributed by atoms with Crippen LogP contribution >= 0.6 is 0 Å². The summed E-state index contributed by atoms with van der Waals surface area (Å²) in [5.74, 6) is -0.487. The molecule has 1 aromatic carbocycles. The lowest BCUT2D eigenvalue weighted by Crippen LogP contribution is -2.05. The van der Waals surface area contributed by atoms with Gasteiger partial charge in [-0.15, -0.1) is 0 Å². The van der Waals surface area contributed by atoms with Crippen molar-refractivity contribution >= 4 is 22.1 Å². The smallest absolute Gasteiger partial charge is 0.182 e. The minimum absolute atomic E-state index is 0.159. The molecule has 0 bridgehead atoms. The normalized spacial score (nSPS) is 11.5. The minimum atomic E-state index is -0.491. The summed E-state index contributed by atoms with van der Waals surface area (Å²) in [5.41, 5.74) is 1.94. The summed E-state index contributed by atoms with van der Waals surface area (Å²) in [5, 5.41) is 5.84. The number of aromatic amines is 1. The quantitative estimate of drug-likeness (QED) is 0.531. The Labute approximate surface area is 151 Å². The van der Waals surface area contributed by atoms with Crippen molar-refractivity contribution in [3.8, 4) is 11.5 Å². The minimum Gasteiger partial charge on any atom is -0.346 e. The number of hydrogen-bond donors (Lipinski definition) is 1. The Morgan fingerprint density at radius 3 is 2.81 bits per heavy atom. The van der Waals surface area contributed by atoms with Gasteiger partial charge in [0, 0.05) is 23.3 Å². The van der Waals surface area contributed by atoms with Gasteiger partial charge < -0.3 is 4.98 Å². The maximum Gasteiger partial charge on any atom is 0.182 e. The van der Waals surface area contributed by atoms with E-state index in [4.69, 9.17) is 0 Å². The van der Waals surface area contributed by atoms with Gasteiger partial charge >= 0.3 is 0 Å². The van der Waals surface area contributed by atoms with Crippen LogP contribution in [0, 0.1) is 11.6 Å². The third kappa shape index (κ3) is 2.62. The highest BCUT2D eigenvalue weighted by molar-refractivity contribution is 5.90. The molecule has 0 spiro atoms. The molecular formula is C19H12F2N6. The van der Waals surface area contributed by atoms with E-state index in [1.54, 1.807) is 30.6 Å². The van der Waals surface area contributed by atoms with Gasteiger partial charge in [-0.3, -0.25) is 0 Å². The number of nitrogens with zero attached hydrogens (tertiary/aromatic N) is 5.